The van der Waals surface area contributed by atoms with Crippen LogP contribution in [0.5, 0.6) is 0 Å². The molecule has 1 rings (SSSR count). The minimum Gasteiger partial charge on any atom is -0.465 e. The molecular weight excluding hydrogens is 290 g/mol. The molecule has 1 aromatic carbocycles. The summed E-state index contributed by atoms with van der Waals surface area (Å²) in [5.41, 5.74) is 1.000. The Balaban J connectivity index is 2.20. The number of benzene rings is 1. The normalized spacial score (nSPS) is 9.70. The van der Waals surface area contributed by atoms with E-state index in [9.17, 15) is 4.79 Å². The number of nitriles is 2. The van der Waals surface area contributed by atoms with Gasteiger partial charge in [-0.3, -0.25) is 4.79 Å². The van der Waals surface area contributed by atoms with Crippen molar-refractivity contribution in [3.8, 4) is 12.1 Å². The summed E-state index contributed by atoms with van der Waals surface area (Å²) in [4.78, 5) is 13.5. The van der Waals surface area contributed by atoms with Crippen molar-refractivity contribution < 1.29 is 9.53 Å². The standard InChI is InChI=1S/C18H19N3O2/c1-21(10-5-9-17(14-19)15-20)11-6-12-23-18(22)13-16-7-3-2-4-8-16/h2-5,7-10H,6,11-13H2,1H3/b10-5+. The Kier molecular flexibility index (Phi) is 8.33. The fourth-order valence-electron chi connectivity index (χ4n) is 1.77. The van der Waals surface area contributed by atoms with Crippen molar-refractivity contribution >= 4 is 5.97 Å². The molecule has 0 radical (unpaired) electrons. The number of rotatable bonds is 8. The summed E-state index contributed by atoms with van der Waals surface area (Å²) in [5, 5.41) is 17.2. The molecule has 0 unspecified atom stereocenters. The molecule has 0 N–H and O–H groups in total. The van der Waals surface area contributed by atoms with Crippen LogP contribution < -0.4 is 0 Å². The molecule has 5 nitrogen and oxygen atoms in total. The van der Waals surface area contributed by atoms with E-state index >= 15 is 0 Å². The zero-order chi connectivity index (χ0) is 16.9. The predicted octanol–water partition coefficient (Wildman–Crippen LogP) is 2.58. The van der Waals surface area contributed by atoms with Gasteiger partial charge in [-0.2, -0.15) is 10.5 Å². The summed E-state index contributed by atoms with van der Waals surface area (Å²) < 4.78 is 5.19. The van der Waals surface area contributed by atoms with E-state index in [0.29, 0.717) is 19.6 Å². The molecule has 0 fully saturated rings. The van der Waals surface area contributed by atoms with E-state index in [1.54, 1.807) is 24.4 Å². The largest absolute Gasteiger partial charge is 0.465 e. The summed E-state index contributed by atoms with van der Waals surface area (Å²) in [6.45, 7) is 1.07. The van der Waals surface area contributed by atoms with E-state index in [4.69, 9.17) is 15.3 Å². The van der Waals surface area contributed by atoms with Crippen molar-refractivity contribution in [1.82, 2.24) is 4.90 Å². The van der Waals surface area contributed by atoms with Crippen LogP contribution in [-0.4, -0.2) is 31.1 Å². The first-order valence-electron chi connectivity index (χ1n) is 7.24. The maximum absolute atomic E-state index is 11.7. The van der Waals surface area contributed by atoms with Crippen molar-refractivity contribution in [3.05, 3.63) is 59.8 Å². The number of ether oxygens (including phenoxy) is 1. The number of hydrogen-bond acceptors (Lipinski definition) is 5. The molecule has 0 bridgehead atoms. The number of carbonyl (C=O) groups excluding carboxylic acids is 1. The number of hydrogen-bond donors (Lipinski definition) is 0. The number of allylic oxidation sites excluding steroid dienone is 3. The topological polar surface area (TPSA) is 77.1 Å². The minimum absolute atomic E-state index is 0.0597. The Labute approximate surface area is 136 Å². The van der Waals surface area contributed by atoms with Gasteiger partial charge in [-0.05, 0) is 30.3 Å². The van der Waals surface area contributed by atoms with Crippen LogP contribution in [0.15, 0.2) is 54.3 Å². The van der Waals surface area contributed by atoms with E-state index in [-0.39, 0.29) is 18.0 Å². The van der Waals surface area contributed by atoms with Gasteiger partial charge < -0.3 is 9.64 Å². The van der Waals surface area contributed by atoms with Crippen LogP contribution >= 0.6 is 0 Å². The van der Waals surface area contributed by atoms with Crippen LogP contribution in [0.3, 0.4) is 0 Å². The fourth-order valence-corrected chi connectivity index (χ4v) is 1.77. The summed E-state index contributed by atoms with van der Waals surface area (Å²) in [5.74, 6) is -0.231. The Morgan fingerprint density at radius 1 is 1.26 bits per heavy atom. The second-order valence-electron chi connectivity index (χ2n) is 4.86. The Bertz CT molecular complexity index is 620. The molecule has 1 aromatic rings. The zero-order valence-electron chi connectivity index (χ0n) is 13.1. The first kappa shape index (κ1) is 18.0. The third kappa shape index (κ3) is 8.08. The maximum Gasteiger partial charge on any atom is 0.310 e. The van der Waals surface area contributed by atoms with E-state index in [0.717, 1.165) is 5.56 Å². The highest BCUT2D eigenvalue weighted by molar-refractivity contribution is 5.72. The van der Waals surface area contributed by atoms with Crippen LogP contribution in [0.1, 0.15) is 12.0 Å². The minimum atomic E-state index is -0.231. The van der Waals surface area contributed by atoms with Gasteiger partial charge in [0.05, 0.1) is 13.0 Å². The molecule has 118 valence electrons. The van der Waals surface area contributed by atoms with Gasteiger partial charge in [0.2, 0.25) is 0 Å². The molecule has 0 aromatic heterocycles. The van der Waals surface area contributed by atoms with Crippen LogP contribution in [0, 0.1) is 22.7 Å². The highest BCUT2D eigenvalue weighted by atomic mass is 16.5. The molecule has 0 amide bonds. The van der Waals surface area contributed by atoms with Gasteiger partial charge in [0.25, 0.3) is 0 Å². The van der Waals surface area contributed by atoms with E-state index in [2.05, 4.69) is 0 Å². The third-order valence-corrected chi connectivity index (χ3v) is 2.95. The quantitative estimate of drug-likeness (QED) is 0.319. The molecule has 0 aliphatic heterocycles. The molecule has 23 heavy (non-hydrogen) atoms. The van der Waals surface area contributed by atoms with Gasteiger partial charge in [-0.1, -0.05) is 30.3 Å². The smallest absolute Gasteiger partial charge is 0.310 e. The summed E-state index contributed by atoms with van der Waals surface area (Å²) in [6.07, 6.45) is 5.85. The highest BCUT2D eigenvalue weighted by Crippen LogP contribution is 2.01. The van der Waals surface area contributed by atoms with Gasteiger partial charge >= 0.3 is 5.97 Å². The first-order valence-corrected chi connectivity index (χ1v) is 7.24. The number of nitrogens with zero attached hydrogens (tertiary/aromatic N) is 3. The molecule has 0 spiro atoms. The van der Waals surface area contributed by atoms with Crippen molar-refractivity contribution in [1.29, 1.82) is 10.5 Å². The lowest BCUT2D eigenvalue weighted by Gasteiger charge is -2.13. The van der Waals surface area contributed by atoms with Crippen LogP contribution in [0.2, 0.25) is 0 Å². The van der Waals surface area contributed by atoms with Crippen molar-refractivity contribution in [2.24, 2.45) is 0 Å². The average Bonchev–Trinajstić information content (AvgIpc) is 2.56. The third-order valence-electron chi connectivity index (χ3n) is 2.95. The lowest BCUT2D eigenvalue weighted by molar-refractivity contribution is -0.142. The SMILES string of the molecule is CN(/C=C/C=C(C#N)C#N)CCCOC(=O)Cc1ccccc1. The second-order valence-corrected chi connectivity index (χ2v) is 4.86. The lowest BCUT2D eigenvalue weighted by atomic mass is 10.2. The molecule has 0 atom stereocenters. The Morgan fingerprint density at radius 2 is 1.96 bits per heavy atom. The van der Waals surface area contributed by atoms with Gasteiger partial charge in [0, 0.05) is 13.6 Å². The number of carbonyl (C=O) groups is 1. The predicted molar refractivity (Wildman–Crippen MR) is 86.8 cm³/mol. The summed E-state index contributed by atoms with van der Waals surface area (Å²) in [7, 11) is 1.87. The molecule has 0 aliphatic carbocycles. The molecule has 5 heteroatoms. The van der Waals surface area contributed by atoms with Crippen LogP contribution in [0.25, 0.3) is 0 Å². The molecule has 0 aliphatic rings. The van der Waals surface area contributed by atoms with Gasteiger partial charge in [-0.25, -0.2) is 0 Å². The van der Waals surface area contributed by atoms with Gasteiger partial charge in [-0.15, -0.1) is 0 Å². The monoisotopic (exact) mass is 309 g/mol. The van der Waals surface area contributed by atoms with Crippen LogP contribution in [-0.2, 0) is 16.0 Å². The highest BCUT2D eigenvalue weighted by Gasteiger charge is 2.04. The van der Waals surface area contributed by atoms with E-state index in [1.807, 2.05) is 42.3 Å². The maximum atomic E-state index is 11.7. The molecule has 0 saturated carbocycles. The van der Waals surface area contributed by atoms with Gasteiger partial charge in [0.15, 0.2) is 0 Å². The Morgan fingerprint density at radius 3 is 2.61 bits per heavy atom. The van der Waals surface area contributed by atoms with E-state index in [1.165, 1.54) is 6.08 Å². The zero-order valence-corrected chi connectivity index (χ0v) is 13.1. The number of esters is 1. The molecular formula is C18H19N3O2. The van der Waals surface area contributed by atoms with Crippen molar-refractivity contribution in [2.75, 3.05) is 20.2 Å². The van der Waals surface area contributed by atoms with E-state index < -0.39 is 0 Å². The van der Waals surface area contributed by atoms with Crippen molar-refractivity contribution in [2.45, 2.75) is 12.8 Å². The lowest BCUT2D eigenvalue weighted by Crippen LogP contribution is -2.16. The van der Waals surface area contributed by atoms with Gasteiger partial charge in [0.1, 0.15) is 17.7 Å². The molecule has 0 heterocycles. The fraction of sp³-hybridized carbons (Fsp3) is 0.278. The summed E-state index contributed by atoms with van der Waals surface area (Å²) in [6, 6.07) is 13.0. The van der Waals surface area contributed by atoms with Crippen molar-refractivity contribution in [3.63, 3.8) is 0 Å². The Hall–Kier alpha value is -3.05. The van der Waals surface area contributed by atoms with Crippen LogP contribution in [0.4, 0.5) is 0 Å². The average molecular weight is 309 g/mol. The second kappa shape index (κ2) is 10.6. The molecule has 0 saturated heterocycles. The summed E-state index contributed by atoms with van der Waals surface area (Å²) >= 11 is 0. The first-order chi connectivity index (χ1) is 11.2.